The maximum absolute atomic E-state index is 12.6. The van der Waals surface area contributed by atoms with Gasteiger partial charge < -0.3 is 4.74 Å². The minimum Gasteiger partial charge on any atom is -0.381 e. The van der Waals surface area contributed by atoms with Crippen molar-refractivity contribution in [2.45, 2.75) is 38.5 Å². The lowest BCUT2D eigenvalue weighted by Crippen LogP contribution is -2.67. The largest absolute Gasteiger partial charge is 0.381 e. The van der Waals surface area contributed by atoms with E-state index in [4.69, 9.17) is 4.74 Å². The van der Waals surface area contributed by atoms with Gasteiger partial charge in [-0.3, -0.25) is 4.90 Å². The van der Waals surface area contributed by atoms with Gasteiger partial charge in [-0.1, -0.05) is 23.8 Å². The van der Waals surface area contributed by atoms with E-state index in [1.807, 2.05) is 6.92 Å². The smallest absolute Gasteiger partial charge is 0.158 e. The van der Waals surface area contributed by atoms with Crippen molar-refractivity contribution in [2.24, 2.45) is 5.92 Å². The fraction of sp³-hybridized carbons (Fsp3) is 0.667. The van der Waals surface area contributed by atoms with Crippen molar-refractivity contribution in [3.63, 3.8) is 0 Å². The Kier molecular flexibility index (Phi) is 4.55. The highest BCUT2D eigenvalue weighted by Gasteiger charge is 2.61. The van der Waals surface area contributed by atoms with Crippen LogP contribution in [0.2, 0.25) is 0 Å². The summed E-state index contributed by atoms with van der Waals surface area (Å²) < 4.78 is 30.1. The van der Waals surface area contributed by atoms with Gasteiger partial charge in [0.25, 0.3) is 0 Å². The summed E-state index contributed by atoms with van der Waals surface area (Å²) in [4.78, 5) is 2.27. The molecule has 0 saturated carbocycles. The number of ether oxygens (including phenoxy) is 1. The molecule has 2 fully saturated rings. The van der Waals surface area contributed by atoms with Gasteiger partial charge in [0.15, 0.2) is 9.84 Å². The number of aryl methyl sites for hydroxylation is 2. The zero-order chi connectivity index (χ0) is 16.7. The number of hydrogen-bond acceptors (Lipinski definition) is 4. The van der Waals surface area contributed by atoms with E-state index in [2.05, 4.69) is 36.9 Å². The van der Waals surface area contributed by atoms with Crippen molar-refractivity contribution in [3.05, 3.63) is 34.9 Å². The summed E-state index contributed by atoms with van der Waals surface area (Å²) in [6.07, 6.45) is 0.750. The van der Waals surface area contributed by atoms with E-state index < -0.39 is 14.6 Å². The Morgan fingerprint density at radius 3 is 2.74 bits per heavy atom. The van der Waals surface area contributed by atoms with E-state index >= 15 is 0 Å². The van der Waals surface area contributed by atoms with Gasteiger partial charge in [-0.25, -0.2) is 8.42 Å². The summed E-state index contributed by atoms with van der Waals surface area (Å²) in [5, 5.41) is 0. The molecule has 2 saturated heterocycles. The highest BCUT2D eigenvalue weighted by molar-refractivity contribution is 7.93. The monoisotopic (exact) mass is 337 g/mol. The van der Waals surface area contributed by atoms with Crippen LogP contribution in [0.5, 0.6) is 0 Å². The summed E-state index contributed by atoms with van der Waals surface area (Å²) >= 11 is 0. The fourth-order valence-electron chi connectivity index (χ4n) is 4.00. The SMILES string of the molecule is CCOC[C@H]1CCS(=O)(=O)C12CN(Cc1cc(C)ccc1C)C2. The van der Waals surface area contributed by atoms with Crippen molar-refractivity contribution < 1.29 is 13.2 Å². The molecular formula is C18H27NO3S. The van der Waals surface area contributed by atoms with Crippen molar-refractivity contribution >= 4 is 9.84 Å². The summed E-state index contributed by atoms with van der Waals surface area (Å²) in [7, 11) is -2.99. The molecule has 23 heavy (non-hydrogen) atoms. The zero-order valence-corrected chi connectivity index (χ0v) is 15.2. The summed E-state index contributed by atoms with van der Waals surface area (Å²) in [5.41, 5.74) is 3.83. The van der Waals surface area contributed by atoms with Crippen LogP contribution >= 0.6 is 0 Å². The first kappa shape index (κ1) is 16.9. The molecule has 4 nitrogen and oxygen atoms in total. The third-order valence-corrected chi connectivity index (χ3v) is 8.11. The van der Waals surface area contributed by atoms with Crippen LogP contribution in [0, 0.1) is 19.8 Å². The second-order valence-electron chi connectivity index (χ2n) is 7.10. The van der Waals surface area contributed by atoms with Gasteiger partial charge in [0.2, 0.25) is 0 Å². The molecule has 2 heterocycles. The second-order valence-corrected chi connectivity index (χ2v) is 9.55. The van der Waals surface area contributed by atoms with Crippen molar-refractivity contribution in [2.75, 3.05) is 32.1 Å². The Hall–Kier alpha value is -0.910. The van der Waals surface area contributed by atoms with E-state index in [0.29, 0.717) is 32.1 Å². The first-order valence-corrected chi connectivity index (χ1v) is 10.1. The summed E-state index contributed by atoms with van der Waals surface area (Å²) in [6, 6.07) is 6.47. The molecule has 1 atom stereocenters. The molecule has 2 aliphatic heterocycles. The van der Waals surface area contributed by atoms with E-state index in [-0.39, 0.29) is 5.92 Å². The molecule has 5 heteroatoms. The molecule has 1 aromatic carbocycles. The predicted molar refractivity (Wildman–Crippen MR) is 92.3 cm³/mol. The van der Waals surface area contributed by atoms with Gasteiger partial charge in [-0.05, 0) is 38.3 Å². The standard InChI is InChI=1S/C18H27NO3S/c1-4-22-11-17-7-8-23(20,21)18(17)12-19(13-18)10-16-9-14(2)5-6-15(16)3/h5-6,9,17H,4,7-8,10-13H2,1-3H3/t17-/m1/s1. The number of hydrogen-bond donors (Lipinski definition) is 0. The van der Waals surface area contributed by atoms with Crippen LogP contribution in [0.15, 0.2) is 18.2 Å². The molecule has 128 valence electrons. The third-order valence-electron chi connectivity index (χ3n) is 5.50. The second kappa shape index (κ2) is 6.19. The number of rotatable bonds is 5. The molecule has 3 rings (SSSR count). The molecule has 0 aliphatic carbocycles. The van der Waals surface area contributed by atoms with Crippen LogP contribution in [0.4, 0.5) is 0 Å². The molecule has 0 N–H and O–H groups in total. The van der Waals surface area contributed by atoms with Crippen LogP contribution in [0.25, 0.3) is 0 Å². The van der Waals surface area contributed by atoms with Gasteiger partial charge in [-0.15, -0.1) is 0 Å². The van der Waals surface area contributed by atoms with Crippen LogP contribution in [-0.4, -0.2) is 50.1 Å². The van der Waals surface area contributed by atoms with Gasteiger partial charge >= 0.3 is 0 Å². The lowest BCUT2D eigenvalue weighted by atomic mass is 9.83. The van der Waals surface area contributed by atoms with Gasteiger partial charge in [0.1, 0.15) is 4.75 Å². The number of sulfone groups is 1. The van der Waals surface area contributed by atoms with Gasteiger partial charge in [0, 0.05) is 32.2 Å². The predicted octanol–water partition coefficient (Wildman–Crippen LogP) is 2.33. The first-order valence-electron chi connectivity index (χ1n) is 8.46. The highest BCUT2D eigenvalue weighted by atomic mass is 32.2. The Bertz CT molecular complexity index is 678. The van der Waals surface area contributed by atoms with Crippen molar-refractivity contribution in [3.8, 4) is 0 Å². The zero-order valence-electron chi connectivity index (χ0n) is 14.3. The lowest BCUT2D eigenvalue weighted by molar-refractivity contribution is 0.0291. The fourth-order valence-corrected chi connectivity index (χ4v) is 6.46. The van der Waals surface area contributed by atoms with Crippen LogP contribution in [0.3, 0.4) is 0 Å². The van der Waals surface area contributed by atoms with Crippen LogP contribution in [-0.2, 0) is 21.1 Å². The molecule has 2 aliphatic rings. The minimum absolute atomic E-state index is 0.155. The van der Waals surface area contributed by atoms with E-state index in [9.17, 15) is 8.42 Å². The molecule has 0 unspecified atom stereocenters. The topological polar surface area (TPSA) is 46.6 Å². The maximum Gasteiger partial charge on any atom is 0.158 e. The van der Waals surface area contributed by atoms with Gasteiger partial charge in [-0.2, -0.15) is 0 Å². The maximum atomic E-state index is 12.6. The molecule has 0 bridgehead atoms. The molecule has 1 spiro atoms. The molecule has 0 radical (unpaired) electrons. The Balaban J connectivity index is 1.71. The lowest BCUT2D eigenvalue weighted by Gasteiger charge is -2.50. The van der Waals surface area contributed by atoms with E-state index in [1.54, 1.807) is 0 Å². The van der Waals surface area contributed by atoms with Crippen LogP contribution < -0.4 is 0 Å². The average molecular weight is 337 g/mol. The van der Waals surface area contributed by atoms with Crippen molar-refractivity contribution in [1.82, 2.24) is 4.90 Å². The summed E-state index contributed by atoms with van der Waals surface area (Å²) in [6.45, 7) is 9.55. The van der Waals surface area contributed by atoms with Crippen LogP contribution in [0.1, 0.15) is 30.0 Å². The number of benzene rings is 1. The Labute approximate surface area is 139 Å². The number of nitrogens with zero attached hydrogens (tertiary/aromatic N) is 1. The minimum atomic E-state index is -2.99. The van der Waals surface area contributed by atoms with E-state index in [0.717, 1.165) is 13.0 Å². The molecule has 0 amide bonds. The van der Waals surface area contributed by atoms with Gasteiger partial charge in [0.05, 0.1) is 12.4 Å². The first-order chi connectivity index (χ1) is 10.9. The Morgan fingerprint density at radius 2 is 2.04 bits per heavy atom. The molecule has 0 aromatic heterocycles. The quantitative estimate of drug-likeness (QED) is 0.827. The molecule has 1 aromatic rings. The number of likely N-dealkylation sites (tertiary alicyclic amines) is 1. The Morgan fingerprint density at radius 1 is 1.30 bits per heavy atom. The van der Waals surface area contributed by atoms with Crippen molar-refractivity contribution in [1.29, 1.82) is 0 Å². The molecular weight excluding hydrogens is 310 g/mol. The average Bonchev–Trinajstić information content (AvgIpc) is 2.72. The normalized spacial score (nSPS) is 25.6. The highest BCUT2D eigenvalue weighted by Crippen LogP contribution is 2.45. The summed E-state index contributed by atoms with van der Waals surface area (Å²) in [5.74, 6) is 0.476. The van der Waals surface area contributed by atoms with E-state index in [1.165, 1.54) is 16.7 Å². The third kappa shape index (κ3) is 2.94.